The molecule has 22 heavy (non-hydrogen) atoms. The van der Waals surface area contributed by atoms with E-state index >= 15 is 0 Å². The molecule has 3 rings (SSSR count). The summed E-state index contributed by atoms with van der Waals surface area (Å²) in [5, 5.41) is 3.23. The summed E-state index contributed by atoms with van der Waals surface area (Å²) >= 11 is 11.7. The van der Waals surface area contributed by atoms with Crippen LogP contribution in [0.1, 0.15) is 29.6 Å². The average Bonchev–Trinajstić information content (AvgIpc) is 3.07. The van der Waals surface area contributed by atoms with E-state index in [1.165, 1.54) is 19.2 Å². The first-order valence-corrected chi connectivity index (χ1v) is 7.97. The van der Waals surface area contributed by atoms with Crippen molar-refractivity contribution in [3.05, 3.63) is 28.0 Å². The zero-order valence-electron chi connectivity index (χ0n) is 12.0. The van der Waals surface area contributed by atoms with Crippen molar-refractivity contribution in [3.63, 3.8) is 0 Å². The Morgan fingerprint density at radius 3 is 2.68 bits per heavy atom. The number of hydrogen-bond acceptors (Lipinski definition) is 4. The van der Waals surface area contributed by atoms with Gasteiger partial charge in [0, 0.05) is 6.04 Å². The standard InChI is InChI=1S/C15H16Cl2N2O3/c1-22-15(21)11-7-2-3-8(6-7)12(11)19-14(20)9-4-5-10(16)18-13(9)17/h4-5,7-8,11-12H,2-3,6H2,1H3,(H,19,20)/t7-,8-,11-,12+/m0/s1. The molecule has 1 N–H and O–H groups in total. The fourth-order valence-electron chi connectivity index (χ4n) is 3.78. The number of carbonyl (C=O) groups excluding carboxylic acids is 2. The topological polar surface area (TPSA) is 68.3 Å². The lowest BCUT2D eigenvalue weighted by molar-refractivity contribution is -0.148. The molecule has 1 aromatic heterocycles. The highest BCUT2D eigenvalue weighted by molar-refractivity contribution is 6.34. The average molecular weight is 343 g/mol. The first-order chi connectivity index (χ1) is 10.5. The van der Waals surface area contributed by atoms with Crippen LogP contribution < -0.4 is 5.32 Å². The zero-order chi connectivity index (χ0) is 15.9. The summed E-state index contributed by atoms with van der Waals surface area (Å²) in [6.45, 7) is 0. The molecule has 0 radical (unpaired) electrons. The second-order valence-corrected chi connectivity index (χ2v) is 6.60. The molecule has 5 nitrogen and oxygen atoms in total. The predicted octanol–water partition coefficient (Wildman–Crippen LogP) is 2.71. The van der Waals surface area contributed by atoms with E-state index in [4.69, 9.17) is 27.9 Å². The molecule has 0 unspecified atom stereocenters. The highest BCUT2D eigenvalue weighted by Crippen LogP contribution is 2.49. The maximum Gasteiger partial charge on any atom is 0.311 e. The third-order valence-electron chi connectivity index (χ3n) is 4.75. The second kappa shape index (κ2) is 6.05. The molecule has 118 valence electrons. The fourth-order valence-corrected chi connectivity index (χ4v) is 4.22. The number of aromatic nitrogens is 1. The Labute approximate surface area is 138 Å². The van der Waals surface area contributed by atoms with E-state index in [1.54, 1.807) is 0 Å². The van der Waals surface area contributed by atoms with Crippen LogP contribution in [-0.4, -0.2) is 30.0 Å². The lowest BCUT2D eigenvalue weighted by Crippen LogP contribution is -2.47. The van der Waals surface area contributed by atoms with Crippen molar-refractivity contribution >= 4 is 35.1 Å². The Kier molecular flexibility index (Phi) is 4.28. The van der Waals surface area contributed by atoms with Crippen molar-refractivity contribution in [1.29, 1.82) is 0 Å². The number of nitrogens with zero attached hydrogens (tertiary/aromatic N) is 1. The number of halogens is 2. The highest BCUT2D eigenvalue weighted by Gasteiger charge is 2.52. The summed E-state index contributed by atoms with van der Waals surface area (Å²) in [4.78, 5) is 28.3. The normalized spacial score (nSPS) is 29.4. The monoisotopic (exact) mass is 342 g/mol. The van der Waals surface area contributed by atoms with Gasteiger partial charge >= 0.3 is 5.97 Å². The maximum atomic E-state index is 12.4. The molecule has 1 heterocycles. The van der Waals surface area contributed by atoms with Gasteiger partial charge in [0.1, 0.15) is 10.3 Å². The summed E-state index contributed by atoms with van der Waals surface area (Å²) < 4.78 is 4.90. The number of methoxy groups -OCH3 is 1. The van der Waals surface area contributed by atoms with Gasteiger partial charge < -0.3 is 10.1 Å². The largest absolute Gasteiger partial charge is 0.469 e. The number of nitrogens with one attached hydrogen (secondary N) is 1. The molecule has 2 fully saturated rings. The third-order valence-corrected chi connectivity index (χ3v) is 5.25. The number of amides is 1. The van der Waals surface area contributed by atoms with Crippen molar-refractivity contribution in [3.8, 4) is 0 Å². The maximum absolute atomic E-state index is 12.4. The van der Waals surface area contributed by atoms with Crippen LogP contribution in [0.25, 0.3) is 0 Å². The van der Waals surface area contributed by atoms with Gasteiger partial charge in [-0.1, -0.05) is 23.2 Å². The first-order valence-electron chi connectivity index (χ1n) is 7.22. The molecular weight excluding hydrogens is 327 g/mol. The molecule has 0 aliphatic heterocycles. The summed E-state index contributed by atoms with van der Waals surface area (Å²) in [5.41, 5.74) is 0.262. The van der Waals surface area contributed by atoms with Gasteiger partial charge in [0.05, 0.1) is 18.6 Å². The fraction of sp³-hybridized carbons (Fsp3) is 0.533. The van der Waals surface area contributed by atoms with Crippen LogP contribution in [0, 0.1) is 17.8 Å². The minimum absolute atomic E-state index is 0.0581. The number of carbonyl (C=O) groups is 2. The van der Waals surface area contributed by atoms with Crippen LogP contribution in [0.15, 0.2) is 12.1 Å². The first kappa shape index (κ1) is 15.6. The van der Waals surface area contributed by atoms with E-state index in [9.17, 15) is 9.59 Å². The lowest BCUT2D eigenvalue weighted by atomic mass is 9.84. The number of ether oxygens (including phenoxy) is 1. The van der Waals surface area contributed by atoms with Crippen LogP contribution in [0.3, 0.4) is 0 Å². The van der Waals surface area contributed by atoms with Gasteiger partial charge in [0.15, 0.2) is 0 Å². The van der Waals surface area contributed by atoms with Gasteiger partial charge in [-0.15, -0.1) is 0 Å². The number of pyridine rings is 1. The van der Waals surface area contributed by atoms with Crippen molar-refractivity contribution < 1.29 is 14.3 Å². The van der Waals surface area contributed by atoms with Crippen LogP contribution in [0.5, 0.6) is 0 Å². The molecule has 7 heteroatoms. The van der Waals surface area contributed by atoms with E-state index < -0.39 is 0 Å². The Balaban J connectivity index is 1.79. The number of hydrogen-bond donors (Lipinski definition) is 1. The number of fused-ring (bicyclic) bond motifs is 2. The summed E-state index contributed by atoms with van der Waals surface area (Å²) in [5.74, 6) is -0.246. The summed E-state index contributed by atoms with van der Waals surface area (Å²) in [6, 6.07) is 2.85. The third kappa shape index (κ3) is 2.68. The number of rotatable bonds is 3. The van der Waals surface area contributed by atoms with Crippen LogP contribution in [0.2, 0.25) is 10.3 Å². The van der Waals surface area contributed by atoms with E-state index in [0.29, 0.717) is 11.8 Å². The highest BCUT2D eigenvalue weighted by atomic mass is 35.5. The van der Waals surface area contributed by atoms with Gasteiger partial charge in [0.2, 0.25) is 0 Å². The smallest absolute Gasteiger partial charge is 0.311 e. The van der Waals surface area contributed by atoms with Crippen molar-refractivity contribution in [1.82, 2.24) is 10.3 Å². The summed E-state index contributed by atoms with van der Waals surface area (Å²) in [7, 11) is 1.38. The van der Waals surface area contributed by atoms with E-state index in [1.807, 2.05) is 0 Å². The minimum atomic E-state index is -0.333. The van der Waals surface area contributed by atoms with Gasteiger partial charge in [-0.05, 0) is 43.2 Å². The quantitative estimate of drug-likeness (QED) is 0.677. The van der Waals surface area contributed by atoms with E-state index in [0.717, 1.165) is 19.3 Å². The predicted molar refractivity (Wildman–Crippen MR) is 81.8 cm³/mol. The van der Waals surface area contributed by atoms with Crippen LogP contribution in [0.4, 0.5) is 0 Å². The number of esters is 1. The Morgan fingerprint density at radius 2 is 2.00 bits per heavy atom. The molecule has 0 saturated heterocycles. The molecular formula is C15H16Cl2N2O3. The molecule has 1 amide bonds. The van der Waals surface area contributed by atoms with E-state index in [-0.39, 0.29) is 39.7 Å². The van der Waals surface area contributed by atoms with Gasteiger partial charge in [-0.3, -0.25) is 9.59 Å². The Bertz CT molecular complexity index is 623. The van der Waals surface area contributed by atoms with Crippen LogP contribution in [-0.2, 0) is 9.53 Å². The zero-order valence-corrected chi connectivity index (χ0v) is 13.5. The molecule has 2 aliphatic carbocycles. The summed E-state index contributed by atoms with van der Waals surface area (Å²) in [6.07, 6.45) is 2.99. The Morgan fingerprint density at radius 1 is 1.27 bits per heavy atom. The van der Waals surface area contributed by atoms with Gasteiger partial charge in [0.25, 0.3) is 5.91 Å². The van der Waals surface area contributed by atoms with Gasteiger partial charge in [-0.2, -0.15) is 0 Å². The second-order valence-electron chi connectivity index (χ2n) is 5.85. The minimum Gasteiger partial charge on any atom is -0.469 e. The molecule has 2 aliphatic rings. The van der Waals surface area contributed by atoms with Crippen molar-refractivity contribution in [2.75, 3.05) is 7.11 Å². The molecule has 2 bridgehead atoms. The lowest BCUT2D eigenvalue weighted by Gasteiger charge is -2.29. The molecule has 0 spiro atoms. The van der Waals surface area contributed by atoms with Crippen molar-refractivity contribution in [2.24, 2.45) is 17.8 Å². The van der Waals surface area contributed by atoms with Crippen molar-refractivity contribution in [2.45, 2.75) is 25.3 Å². The molecule has 1 aromatic rings. The molecule has 2 saturated carbocycles. The van der Waals surface area contributed by atoms with Gasteiger partial charge in [-0.25, -0.2) is 4.98 Å². The van der Waals surface area contributed by atoms with Crippen LogP contribution >= 0.6 is 23.2 Å². The molecule has 4 atom stereocenters. The van der Waals surface area contributed by atoms with E-state index in [2.05, 4.69) is 10.3 Å². The molecule has 0 aromatic carbocycles. The SMILES string of the molecule is COC(=O)[C@H]1[C@H]2CC[C@@H](C2)[C@H]1NC(=O)c1ccc(Cl)nc1Cl. The Hall–Kier alpha value is -1.33.